The molecule has 7 atom stereocenters. The van der Waals surface area contributed by atoms with Crippen molar-refractivity contribution in [3.05, 3.63) is 0 Å². The third-order valence-electron chi connectivity index (χ3n) is 8.25. The quantitative estimate of drug-likeness (QED) is 0.718. The molecule has 0 bridgehead atoms. The summed E-state index contributed by atoms with van der Waals surface area (Å²) in [6.07, 6.45) is 7.35. The maximum Gasteiger partial charge on any atom is 0.139 e. The molecule has 4 saturated carbocycles. The van der Waals surface area contributed by atoms with Gasteiger partial charge in [0.05, 0.1) is 6.10 Å². The lowest BCUT2D eigenvalue weighted by molar-refractivity contribution is -0.152. The Morgan fingerprint density at radius 3 is 2.64 bits per heavy atom. The molecule has 3 heteroatoms. The highest BCUT2D eigenvalue weighted by Gasteiger charge is 2.61. The van der Waals surface area contributed by atoms with Crippen molar-refractivity contribution in [2.75, 3.05) is 0 Å². The average Bonchev–Trinajstić information content (AvgIpc) is 2.77. The minimum Gasteiger partial charge on any atom is -0.393 e. The Morgan fingerprint density at radius 1 is 1.09 bits per heavy atom. The molecule has 0 aliphatic heterocycles. The fourth-order valence-corrected chi connectivity index (χ4v) is 6.89. The molecule has 2 N–H and O–H groups in total. The van der Waals surface area contributed by atoms with Crippen molar-refractivity contribution in [2.24, 2.45) is 34.5 Å². The van der Waals surface area contributed by atoms with E-state index < -0.39 is 0 Å². The van der Waals surface area contributed by atoms with Gasteiger partial charge in [0.2, 0.25) is 0 Å². The summed E-state index contributed by atoms with van der Waals surface area (Å²) in [5.41, 5.74) is 0.905. The van der Waals surface area contributed by atoms with Gasteiger partial charge in [-0.2, -0.15) is 0 Å². The normalized spacial score (nSPS) is 54.6. The van der Waals surface area contributed by atoms with Crippen molar-refractivity contribution < 1.29 is 9.90 Å². The first-order valence-electron chi connectivity index (χ1n) is 9.14. The lowest BCUT2D eigenvalue weighted by Crippen LogP contribution is -2.57. The van der Waals surface area contributed by atoms with E-state index in [1.165, 1.54) is 0 Å². The highest BCUT2D eigenvalue weighted by Crippen LogP contribution is 2.65. The number of carbonyl (C=O) groups excluding carboxylic acids is 1. The maximum absolute atomic E-state index is 12.4. The van der Waals surface area contributed by atoms with E-state index in [0.29, 0.717) is 23.5 Å². The number of aliphatic hydroxyl groups excluding tert-OH is 1. The van der Waals surface area contributed by atoms with Crippen LogP contribution in [0.15, 0.2) is 0 Å². The first kappa shape index (κ1) is 14.9. The second kappa shape index (κ2) is 4.66. The highest BCUT2D eigenvalue weighted by molar-refractivity contribution is 5.87. The highest BCUT2D eigenvalue weighted by atomic mass is 16.3. The van der Waals surface area contributed by atoms with Gasteiger partial charge in [0.1, 0.15) is 5.78 Å². The Morgan fingerprint density at radius 2 is 1.86 bits per heavy atom. The van der Waals surface area contributed by atoms with Crippen LogP contribution in [0.1, 0.15) is 65.2 Å². The van der Waals surface area contributed by atoms with Gasteiger partial charge in [0, 0.05) is 17.5 Å². The number of nitrogens with one attached hydrogen (secondary N) is 1. The number of rotatable bonds is 0. The summed E-state index contributed by atoms with van der Waals surface area (Å²) in [6.45, 7) is 4.57. The molecule has 0 radical (unpaired) electrons. The van der Waals surface area contributed by atoms with E-state index in [0.717, 1.165) is 57.1 Å². The van der Waals surface area contributed by atoms with Crippen LogP contribution in [-0.4, -0.2) is 22.7 Å². The molecule has 4 unspecified atom stereocenters. The number of aliphatic hydroxyl groups is 1. The van der Waals surface area contributed by atoms with Gasteiger partial charge in [-0.15, -0.1) is 0 Å². The predicted molar refractivity (Wildman–Crippen MR) is 85.9 cm³/mol. The van der Waals surface area contributed by atoms with Gasteiger partial charge < -0.3 is 10.5 Å². The molecule has 4 aliphatic carbocycles. The van der Waals surface area contributed by atoms with Crippen LogP contribution in [0.2, 0.25) is 0 Å². The van der Waals surface area contributed by atoms with Crippen molar-refractivity contribution >= 4 is 11.5 Å². The largest absolute Gasteiger partial charge is 0.393 e. The molecule has 4 fully saturated rings. The van der Waals surface area contributed by atoms with Gasteiger partial charge in [-0.25, -0.2) is 0 Å². The minimum absolute atomic E-state index is 0.106. The Balaban J connectivity index is 1.69. The van der Waals surface area contributed by atoms with Crippen LogP contribution < -0.4 is 0 Å². The van der Waals surface area contributed by atoms with Crippen molar-refractivity contribution in [1.82, 2.24) is 0 Å². The summed E-state index contributed by atoms with van der Waals surface area (Å²) >= 11 is 0. The summed E-state index contributed by atoms with van der Waals surface area (Å²) in [7, 11) is 0. The maximum atomic E-state index is 12.4. The van der Waals surface area contributed by atoms with E-state index in [9.17, 15) is 9.90 Å². The first-order chi connectivity index (χ1) is 10.4. The molecule has 0 aromatic rings. The molecule has 0 aromatic carbocycles. The standard InChI is InChI=1S/C19H29NO2/c1-18-7-5-11(20)9-15(18)16(21)10-12-13-3-4-17(22)19(13,2)8-6-14(12)18/h12-16,20-21H,3-10H2,1-2H3/t12?,13?,14?,15?,16-,18-,19+/m1/s1. The van der Waals surface area contributed by atoms with E-state index >= 15 is 0 Å². The molecular weight excluding hydrogens is 274 g/mol. The molecule has 0 heterocycles. The van der Waals surface area contributed by atoms with Crippen LogP contribution in [0.25, 0.3) is 0 Å². The third-order valence-corrected chi connectivity index (χ3v) is 8.25. The fraction of sp³-hybridized carbons (Fsp3) is 0.895. The first-order valence-corrected chi connectivity index (χ1v) is 9.14. The number of ketones is 1. The van der Waals surface area contributed by atoms with Gasteiger partial charge in [-0.1, -0.05) is 13.8 Å². The Labute approximate surface area is 133 Å². The lowest BCUT2D eigenvalue weighted by Gasteiger charge is -2.60. The second-order valence-electron chi connectivity index (χ2n) is 9.02. The van der Waals surface area contributed by atoms with Crippen molar-refractivity contribution in [3.8, 4) is 0 Å². The van der Waals surface area contributed by atoms with Crippen molar-refractivity contribution in [1.29, 1.82) is 5.41 Å². The molecule has 3 nitrogen and oxygen atoms in total. The van der Waals surface area contributed by atoms with E-state index in [1.54, 1.807) is 0 Å². The Kier molecular flexibility index (Phi) is 3.15. The zero-order valence-corrected chi connectivity index (χ0v) is 13.9. The Bertz CT molecular complexity index is 530. The summed E-state index contributed by atoms with van der Waals surface area (Å²) in [6, 6.07) is 0. The minimum atomic E-state index is -0.273. The van der Waals surface area contributed by atoms with E-state index in [4.69, 9.17) is 5.41 Å². The zero-order chi connectivity index (χ0) is 15.7. The van der Waals surface area contributed by atoms with E-state index in [1.807, 2.05) is 0 Å². The molecule has 4 rings (SSSR count). The van der Waals surface area contributed by atoms with Gasteiger partial charge in [0.25, 0.3) is 0 Å². The molecule has 0 aromatic heterocycles. The van der Waals surface area contributed by atoms with Crippen molar-refractivity contribution in [2.45, 2.75) is 71.3 Å². The summed E-state index contributed by atoms with van der Waals surface area (Å²) in [4.78, 5) is 12.4. The second-order valence-corrected chi connectivity index (χ2v) is 9.02. The Hall–Kier alpha value is -0.700. The number of carbonyl (C=O) groups is 1. The SMILES string of the molecule is C[C@]12CCC(=N)CC1[C@H](O)CC1C2CC[C@]2(C)C(=O)CCC12. The summed E-state index contributed by atoms with van der Waals surface area (Å²) in [5, 5.41) is 18.9. The molecule has 0 amide bonds. The van der Waals surface area contributed by atoms with E-state index in [2.05, 4.69) is 13.8 Å². The molecule has 22 heavy (non-hydrogen) atoms. The molecule has 0 spiro atoms. The van der Waals surface area contributed by atoms with E-state index in [-0.39, 0.29) is 22.9 Å². The predicted octanol–water partition coefficient (Wildman–Crippen LogP) is 3.59. The van der Waals surface area contributed by atoms with Crippen molar-refractivity contribution in [3.63, 3.8) is 0 Å². The van der Waals surface area contributed by atoms with Gasteiger partial charge in [-0.3, -0.25) is 4.79 Å². The van der Waals surface area contributed by atoms with Crippen LogP contribution in [0.5, 0.6) is 0 Å². The van der Waals surface area contributed by atoms with Crippen LogP contribution in [-0.2, 0) is 4.79 Å². The summed E-state index contributed by atoms with van der Waals surface area (Å²) in [5.74, 6) is 2.42. The molecular formula is C19H29NO2. The van der Waals surface area contributed by atoms with Gasteiger partial charge in [0.15, 0.2) is 0 Å². The number of hydrogen-bond acceptors (Lipinski definition) is 3. The smallest absolute Gasteiger partial charge is 0.139 e. The zero-order valence-electron chi connectivity index (χ0n) is 13.9. The topological polar surface area (TPSA) is 61.1 Å². The van der Waals surface area contributed by atoms with Crippen LogP contribution in [0.3, 0.4) is 0 Å². The lowest BCUT2D eigenvalue weighted by atomic mass is 9.44. The molecule has 4 aliphatic rings. The van der Waals surface area contributed by atoms with Crippen LogP contribution >= 0.6 is 0 Å². The third kappa shape index (κ3) is 1.78. The van der Waals surface area contributed by atoms with Gasteiger partial charge >= 0.3 is 0 Å². The monoisotopic (exact) mass is 303 g/mol. The van der Waals surface area contributed by atoms with Crippen LogP contribution in [0.4, 0.5) is 0 Å². The number of hydrogen-bond donors (Lipinski definition) is 2. The van der Waals surface area contributed by atoms with Crippen LogP contribution in [0, 0.1) is 39.9 Å². The number of fused-ring (bicyclic) bond motifs is 5. The molecule has 122 valence electrons. The average molecular weight is 303 g/mol. The fourth-order valence-electron chi connectivity index (χ4n) is 6.89. The van der Waals surface area contributed by atoms with Gasteiger partial charge in [-0.05, 0) is 74.0 Å². The number of Topliss-reactive ketones (excluding diaryl/α,β-unsaturated/α-hetero) is 1. The summed E-state index contributed by atoms with van der Waals surface area (Å²) < 4.78 is 0. The molecule has 0 saturated heterocycles.